The zero-order chi connectivity index (χ0) is 19.2. The van der Waals surface area contributed by atoms with Gasteiger partial charge in [0, 0.05) is 33.2 Å². The number of fused-ring (bicyclic) bond motifs is 1. The van der Waals surface area contributed by atoms with Crippen molar-refractivity contribution >= 4 is 5.91 Å². The summed E-state index contributed by atoms with van der Waals surface area (Å²) in [6.07, 6.45) is 0.657. The number of carbonyl (C=O) groups is 1. The van der Waals surface area contributed by atoms with E-state index in [0.717, 1.165) is 13.0 Å². The molecule has 0 aromatic rings. The van der Waals surface area contributed by atoms with Crippen molar-refractivity contribution in [3.63, 3.8) is 0 Å². The largest absolute Gasteiger partial charge is 0.382 e. The Bertz CT molecular complexity index is 543. The average molecular weight is 381 g/mol. The van der Waals surface area contributed by atoms with Gasteiger partial charge in [-0.2, -0.15) is 5.26 Å². The van der Waals surface area contributed by atoms with E-state index in [1.165, 1.54) is 0 Å². The monoisotopic (exact) mass is 381 g/mol. The third kappa shape index (κ3) is 4.94. The van der Waals surface area contributed by atoms with Crippen LogP contribution in [0.25, 0.3) is 0 Å². The van der Waals surface area contributed by atoms with Crippen LogP contribution in [0.4, 0.5) is 0 Å². The molecule has 1 amide bonds. The molecule has 3 aliphatic rings. The fourth-order valence-electron chi connectivity index (χ4n) is 4.09. The van der Waals surface area contributed by atoms with E-state index in [1.54, 1.807) is 7.11 Å². The highest BCUT2D eigenvalue weighted by Crippen LogP contribution is 2.24. The first-order chi connectivity index (χ1) is 13.1. The Labute approximate surface area is 160 Å². The van der Waals surface area contributed by atoms with Crippen LogP contribution in [0.5, 0.6) is 0 Å². The average Bonchev–Trinajstić information content (AvgIpc) is 2.98. The Balaban J connectivity index is 1.57. The fourth-order valence-corrected chi connectivity index (χ4v) is 4.09. The molecule has 152 valence electrons. The number of hydrogen-bond donors (Lipinski definition) is 5. The van der Waals surface area contributed by atoms with Crippen molar-refractivity contribution in [1.82, 2.24) is 26.4 Å². The zero-order valence-electron chi connectivity index (χ0n) is 15.8. The molecule has 0 aromatic heterocycles. The van der Waals surface area contributed by atoms with Gasteiger partial charge < -0.3 is 25.8 Å². The summed E-state index contributed by atoms with van der Waals surface area (Å²) in [5, 5.41) is 20.7. The molecule has 10 heteroatoms. The van der Waals surface area contributed by atoms with E-state index in [2.05, 4.69) is 27.4 Å². The van der Waals surface area contributed by atoms with Crippen molar-refractivity contribution in [1.29, 1.82) is 5.26 Å². The number of ether oxygens (including phenoxy) is 2. The molecular weight excluding hydrogens is 350 g/mol. The summed E-state index contributed by atoms with van der Waals surface area (Å²) in [6, 6.07) is 2.11. The summed E-state index contributed by atoms with van der Waals surface area (Å²) in [5.74, 6) is -0.258. The molecule has 0 saturated carbocycles. The predicted octanol–water partition coefficient (Wildman–Crippen LogP) is -2.32. The van der Waals surface area contributed by atoms with Gasteiger partial charge in [0.1, 0.15) is 0 Å². The number of hydrogen-bond acceptors (Lipinski definition) is 9. The molecular formula is C17H31N7O3. The standard InChI is InChI=1S/C17H31N7O3/c1-26-6-7-27-13-3-5-20-9-12(13)22-17(25)14-15(19)23-24-10-11(2-4-18)8-21-16(14)24/h11-16,20-21,23H,2-3,5-10,19H2,1H3,(H,22,25). The lowest BCUT2D eigenvalue weighted by Crippen LogP contribution is -2.60. The van der Waals surface area contributed by atoms with Crippen LogP contribution in [0.3, 0.4) is 0 Å². The first-order valence-electron chi connectivity index (χ1n) is 9.64. The van der Waals surface area contributed by atoms with Crippen LogP contribution in [0, 0.1) is 23.2 Å². The molecule has 0 aromatic carbocycles. The normalized spacial score (nSPS) is 36.8. The van der Waals surface area contributed by atoms with Gasteiger partial charge in [0.05, 0.1) is 49.7 Å². The topological polar surface area (TPSA) is 137 Å². The van der Waals surface area contributed by atoms with Crippen molar-refractivity contribution < 1.29 is 14.3 Å². The van der Waals surface area contributed by atoms with Crippen LogP contribution in [0.15, 0.2) is 0 Å². The molecule has 6 unspecified atom stereocenters. The number of nitrogens with two attached hydrogens (primary N) is 1. The van der Waals surface area contributed by atoms with E-state index >= 15 is 0 Å². The maximum Gasteiger partial charge on any atom is 0.229 e. The van der Waals surface area contributed by atoms with Gasteiger partial charge in [-0.1, -0.05) is 0 Å². The predicted molar refractivity (Wildman–Crippen MR) is 97.9 cm³/mol. The third-order valence-corrected chi connectivity index (χ3v) is 5.50. The Kier molecular flexibility index (Phi) is 7.37. The molecule has 27 heavy (non-hydrogen) atoms. The van der Waals surface area contributed by atoms with Gasteiger partial charge in [-0.15, -0.1) is 0 Å². The number of methoxy groups -OCH3 is 1. The zero-order valence-corrected chi connectivity index (χ0v) is 15.8. The van der Waals surface area contributed by atoms with Crippen molar-refractivity contribution in [3.05, 3.63) is 0 Å². The SMILES string of the molecule is COCCOC1CCNCC1NC(=O)C1C(N)NN2CC(CC#N)CNC12. The molecule has 0 aliphatic carbocycles. The first-order valence-corrected chi connectivity index (χ1v) is 9.64. The quantitative estimate of drug-likeness (QED) is 0.308. The molecule has 6 atom stereocenters. The smallest absolute Gasteiger partial charge is 0.229 e. The number of rotatable bonds is 7. The second-order valence-corrected chi connectivity index (χ2v) is 7.42. The van der Waals surface area contributed by atoms with Crippen molar-refractivity contribution in [3.8, 4) is 6.07 Å². The van der Waals surface area contributed by atoms with Crippen molar-refractivity contribution in [2.75, 3.05) is 46.5 Å². The molecule has 0 bridgehead atoms. The van der Waals surface area contributed by atoms with Gasteiger partial charge in [-0.05, 0) is 18.9 Å². The molecule has 3 aliphatic heterocycles. The highest BCUT2D eigenvalue weighted by molar-refractivity contribution is 5.80. The van der Waals surface area contributed by atoms with Crippen LogP contribution >= 0.6 is 0 Å². The lowest BCUT2D eigenvalue weighted by molar-refractivity contribution is -0.129. The Hall–Kier alpha value is -1.32. The third-order valence-electron chi connectivity index (χ3n) is 5.50. The number of carbonyl (C=O) groups excluding carboxylic acids is 1. The molecule has 3 fully saturated rings. The van der Waals surface area contributed by atoms with Gasteiger partial charge in [-0.25, -0.2) is 10.4 Å². The molecule has 3 saturated heterocycles. The van der Waals surface area contributed by atoms with Crippen LogP contribution in [-0.2, 0) is 14.3 Å². The van der Waals surface area contributed by atoms with Gasteiger partial charge in [0.2, 0.25) is 5.91 Å². The maximum absolute atomic E-state index is 13.0. The lowest BCUT2D eigenvalue weighted by Gasteiger charge is -2.37. The number of nitrogens with one attached hydrogen (secondary N) is 4. The second kappa shape index (κ2) is 9.75. The summed E-state index contributed by atoms with van der Waals surface area (Å²) in [4.78, 5) is 13.0. The van der Waals surface area contributed by atoms with Gasteiger partial charge in [0.25, 0.3) is 0 Å². The molecule has 6 N–H and O–H groups in total. The number of nitriles is 1. The van der Waals surface area contributed by atoms with E-state index in [-0.39, 0.29) is 30.1 Å². The minimum atomic E-state index is -0.465. The number of piperidine rings is 1. The summed E-state index contributed by atoms with van der Waals surface area (Å²) in [6.45, 7) is 4.00. The maximum atomic E-state index is 13.0. The summed E-state index contributed by atoms with van der Waals surface area (Å²) >= 11 is 0. The molecule has 0 spiro atoms. The highest BCUT2D eigenvalue weighted by Gasteiger charge is 2.47. The fraction of sp³-hybridized carbons (Fsp3) is 0.882. The lowest BCUT2D eigenvalue weighted by atomic mass is 9.96. The van der Waals surface area contributed by atoms with Crippen molar-refractivity contribution in [2.24, 2.45) is 17.6 Å². The Morgan fingerprint density at radius 1 is 1.41 bits per heavy atom. The number of hydrazine groups is 1. The van der Waals surface area contributed by atoms with Gasteiger partial charge in [-0.3, -0.25) is 10.1 Å². The van der Waals surface area contributed by atoms with E-state index < -0.39 is 12.1 Å². The van der Waals surface area contributed by atoms with Crippen LogP contribution in [0.1, 0.15) is 12.8 Å². The Morgan fingerprint density at radius 3 is 3.04 bits per heavy atom. The van der Waals surface area contributed by atoms with Crippen LogP contribution < -0.4 is 27.1 Å². The van der Waals surface area contributed by atoms with Crippen LogP contribution in [-0.4, -0.2) is 81.9 Å². The minimum absolute atomic E-state index is 0.0358. The summed E-state index contributed by atoms with van der Waals surface area (Å²) < 4.78 is 10.9. The number of amides is 1. The van der Waals surface area contributed by atoms with E-state index in [4.69, 9.17) is 20.5 Å². The Morgan fingerprint density at radius 2 is 2.26 bits per heavy atom. The van der Waals surface area contributed by atoms with Gasteiger partial charge >= 0.3 is 0 Å². The highest BCUT2D eigenvalue weighted by atomic mass is 16.5. The first kappa shape index (κ1) is 20.4. The minimum Gasteiger partial charge on any atom is -0.382 e. The van der Waals surface area contributed by atoms with Crippen molar-refractivity contribution in [2.45, 2.75) is 37.3 Å². The molecule has 3 rings (SSSR count). The second-order valence-electron chi connectivity index (χ2n) is 7.42. The van der Waals surface area contributed by atoms with Gasteiger partial charge in [0.15, 0.2) is 0 Å². The van der Waals surface area contributed by atoms with E-state index in [9.17, 15) is 4.79 Å². The summed E-state index contributed by atoms with van der Waals surface area (Å²) in [5.41, 5.74) is 9.40. The van der Waals surface area contributed by atoms with E-state index in [0.29, 0.717) is 39.3 Å². The molecule has 3 heterocycles. The van der Waals surface area contributed by atoms with E-state index in [1.807, 2.05) is 5.01 Å². The van der Waals surface area contributed by atoms with Crippen LogP contribution in [0.2, 0.25) is 0 Å². The summed E-state index contributed by atoms with van der Waals surface area (Å²) in [7, 11) is 1.64. The number of nitrogens with zero attached hydrogens (tertiary/aromatic N) is 2. The molecule has 0 radical (unpaired) electrons. The molecule has 10 nitrogen and oxygen atoms in total.